The van der Waals surface area contributed by atoms with Gasteiger partial charge in [0.05, 0.1) is 46.1 Å². The first-order chi connectivity index (χ1) is 21.1. The Morgan fingerprint density at radius 1 is 0.909 bits per heavy atom. The van der Waals surface area contributed by atoms with Gasteiger partial charge >= 0.3 is 0 Å². The van der Waals surface area contributed by atoms with Gasteiger partial charge in [-0.2, -0.15) is 0 Å². The van der Waals surface area contributed by atoms with Crippen LogP contribution in [0.5, 0.6) is 11.5 Å². The molecule has 0 aromatic heterocycles. The van der Waals surface area contributed by atoms with Crippen molar-refractivity contribution in [2.24, 2.45) is 29.1 Å². The molecule has 2 heterocycles. The average molecular weight is 676 g/mol. The van der Waals surface area contributed by atoms with Crippen LogP contribution in [0.3, 0.4) is 0 Å². The molecule has 0 spiro atoms. The first-order valence-electron chi connectivity index (χ1n) is 14.4. The van der Waals surface area contributed by atoms with E-state index < -0.39 is 35.0 Å². The Labute approximate surface area is 267 Å². The van der Waals surface area contributed by atoms with Crippen molar-refractivity contribution in [3.05, 3.63) is 93.4 Å². The van der Waals surface area contributed by atoms with E-state index in [0.29, 0.717) is 32.9 Å². The number of hydrogen-bond acceptors (Lipinski definition) is 6. The van der Waals surface area contributed by atoms with Gasteiger partial charge in [0.15, 0.2) is 11.5 Å². The lowest BCUT2D eigenvalue weighted by Crippen LogP contribution is -2.48. The fourth-order valence-electron chi connectivity index (χ4n) is 7.98. The lowest BCUT2D eigenvalue weighted by molar-refractivity contribution is -0.131. The number of imide groups is 2. The topological polar surface area (TPSA) is 104 Å². The van der Waals surface area contributed by atoms with Gasteiger partial charge in [0.25, 0.3) is 0 Å². The van der Waals surface area contributed by atoms with Crippen molar-refractivity contribution < 1.29 is 29.0 Å². The molecule has 4 amide bonds. The van der Waals surface area contributed by atoms with Gasteiger partial charge in [0, 0.05) is 10.9 Å². The first-order valence-corrected chi connectivity index (χ1v) is 15.6. The number of aromatic hydroxyl groups is 1. The molecular formula is C34H28BrClN2O6. The molecule has 0 radical (unpaired) electrons. The highest BCUT2D eigenvalue weighted by Crippen LogP contribution is 2.64. The number of carbonyl (C=O) groups excluding carboxylic acids is 4. The number of para-hydroxylation sites is 1. The van der Waals surface area contributed by atoms with Gasteiger partial charge < -0.3 is 9.84 Å². The molecule has 44 heavy (non-hydrogen) atoms. The number of ether oxygens (including phenoxy) is 1. The number of nitrogens with zero attached hydrogens (tertiary/aromatic N) is 2. The van der Waals surface area contributed by atoms with Crippen LogP contribution < -0.4 is 14.5 Å². The van der Waals surface area contributed by atoms with Crippen molar-refractivity contribution >= 4 is 62.5 Å². The van der Waals surface area contributed by atoms with Crippen molar-refractivity contribution in [2.45, 2.75) is 25.7 Å². The molecule has 2 saturated heterocycles. The molecule has 7 rings (SSSR count). The van der Waals surface area contributed by atoms with Crippen LogP contribution in [-0.2, 0) is 19.2 Å². The van der Waals surface area contributed by atoms with Gasteiger partial charge in [0.2, 0.25) is 23.6 Å². The van der Waals surface area contributed by atoms with Crippen molar-refractivity contribution in [1.82, 2.24) is 0 Å². The molecule has 8 nitrogen and oxygen atoms in total. The number of phenolic OH excluding ortho intramolecular Hbond substituents is 1. The molecule has 0 bridgehead atoms. The minimum absolute atomic E-state index is 0.0853. The van der Waals surface area contributed by atoms with E-state index in [9.17, 15) is 24.3 Å². The molecule has 2 aliphatic heterocycles. The Kier molecular flexibility index (Phi) is 6.75. The van der Waals surface area contributed by atoms with Gasteiger partial charge in [-0.05, 0) is 95.7 Å². The zero-order valence-corrected chi connectivity index (χ0v) is 26.2. The van der Waals surface area contributed by atoms with Crippen molar-refractivity contribution in [1.29, 1.82) is 0 Å². The summed E-state index contributed by atoms with van der Waals surface area (Å²) < 4.78 is 5.85. The number of phenols is 1. The van der Waals surface area contributed by atoms with E-state index in [-0.39, 0.29) is 41.5 Å². The van der Waals surface area contributed by atoms with Crippen LogP contribution in [0.1, 0.15) is 31.2 Å². The molecule has 2 aliphatic carbocycles. The Morgan fingerprint density at radius 3 is 2.27 bits per heavy atom. The highest BCUT2D eigenvalue weighted by molar-refractivity contribution is 9.10. The number of fused-ring (bicyclic) bond motifs is 4. The zero-order valence-electron chi connectivity index (χ0n) is 23.9. The summed E-state index contributed by atoms with van der Waals surface area (Å²) >= 11 is 9.51. The maximum absolute atomic E-state index is 14.5. The standard InChI is InChI=1S/C34H28BrClN2O6/c1-34-24(31(41)38(33(34)43)19-6-4-3-5-7-19)16-23-21(28(34)17-14-25(35)29(39)26(15-17)44-2)12-13-22-27(23)32(42)37(30(22)40)20-10-8-18(36)9-11-20/h3-12,14-15,22-24,27-28,39H,13,16H2,1-2H3. The number of methoxy groups -OCH3 is 1. The minimum atomic E-state index is -1.20. The van der Waals surface area contributed by atoms with Crippen LogP contribution in [-0.4, -0.2) is 35.8 Å². The number of carbonyl (C=O) groups is 4. The quantitative estimate of drug-likeness (QED) is 0.259. The van der Waals surface area contributed by atoms with Crippen LogP contribution in [0.4, 0.5) is 11.4 Å². The maximum atomic E-state index is 14.5. The van der Waals surface area contributed by atoms with E-state index in [1.807, 2.05) is 19.1 Å². The molecule has 3 aromatic rings. The Hall–Kier alpha value is -3.95. The Balaban J connectivity index is 1.39. The highest BCUT2D eigenvalue weighted by atomic mass is 79.9. The molecule has 3 fully saturated rings. The largest absolute Gasteiger partial charge is 0.503 e. The number of halogens is 2. The summed E-state index contributed by atoms with van der Waals surface area (Å²) in [5.41, 5.74) is 1.24. The second-order valence-electron chi connectivity index (χ2n) is 12.0. The maximum Gasteiger partial charge on any atom is 0.241 e. The average Bonchev–Trinajstić information content (AvgIpc) is 3.39. The van der Waals surface area contributed by atoms with E-state index in [1.54, 1.807) is 60.7 Å². The molecule has 6 atom stereocenters. The van der Waals surface area contributed by atoms with Crippen LogP contribution in [0.25, 0.3) is 0 Å². The van der Waals surface area contributed by atoms with Crippen molar-refractivity contribution in [3.63, 3.8) is 0 Å². The van der Waals surface area contributed by atoms with Gasteiger partial charge in [-0.1, -0.05) is 41.4 Å². The molecule has 4 aliphatic rings. The summed E-state index contributed by atoms with van der Waals surface area (Å²) in [4.78, 5) is 59.1. The Bertz CT molecular complexity index is 1780. The van der Waals surface area contributed by atoms with E-state index in [1.165, 1.54) is 16.9 Å². The number of hydrogen-bond donors (Lipinski definition) is 1. The summed E-state index contributed by atoms with van der Waals surface area (Å²) in [5, 5.41) is 11.1. The van der Waals surface area contributed by atoms with E-state index >= 15 is 0 Å². The van der Waals surface area contributed by atoms with Crippen molar-refractivity contribution in [2.75, 3.05) is 16.9 Å². The Morgan fingerprint density at radius 2 is 1.59 bits per heavy atom. The van der Waals surface area contributed by atoms with Crippen LogP contribution in [0, 0.1) is 29.1 Å². The summed E-state index contributed by atoms with van der Waals surface area (Å²) in [6.07, 6.45) is 2.56. The zero-order chi connectivity index (χ0) is 31.1. The summed E-state index contributed by atoms with van der Waals surface area (Å²) in [7, 11) is 1.44. The fraction of sp³-hybridized carbons (Fsp3) is 0.294. The van der Waals surface area contributed by atoms with E-state index in [2.05, 4.69) is 15.9 Å². The lowest BCUT2D eigenvalue weighted by Gasteiger charge is -2.49. The SMILES string of the molecule is COc1cc(C2C3=CCC4C(=O)N(c5ccc(Cl)cc5)C(=O)C4C3CC3C(=O)N(c4ccccc4)C(=O)C32C)cc(Br)c1O. The second-order valence-corrected chi connectivity index (χ2v) is 13.3. The molecule has 10 heteroatoms. The molecule has 224 valence electrons. The number of allylic oxidation sites excluding steroid dienone is 2. The fourth-order valence-corrected chi connectivity index (χ4v) is 8.57. The monoisotopic (exact) mass is 674 g/mol. The van der Waals surface area contributed by atoms with E-state index in [4.69, 9.17) is 16.3 Å². The number of amides is 4. The first kappa shape index (κ1) is 28.8. The third kappa shape index (κ3) is 3.95. The number of rotatable bonds is 4. The van der Waals surface area contributed by atoms with Gasteiger partial charge in [-0.15, -0.1) is 0 Å². The number of benzene rings is 3. The summed E-state index contributed by atoms with van der Waals surface area (Å²) in [6.45, 7) is 1.82. The third-order valence-electron chi connectivity index (χ3n) is 9.98. The molecule has 1 N–H and O–H groups in total. The van der Waals surface area contributed by atoms with Gasteiger partial charge in [0.1, 0.15) is 0 Å². The van der Waals surface area contributed by atoms with Crippen LogP contribution in [0.2, 0.25) is 5.02 Å². The summed E-state index contributed by atoms with van der Waals surface area (Å²) in [6, 6.07) is 18.9. The number of anilines is 2. The molecular weight excluding hydrogens is 648 g/mol. The third-order valence-corrected chi connectivity index (χ3v) is 10.8. The predicted octanol–water partition coefficient (Wildman–Crippen LogP) is 6.25. The predicted molar refractivity (Wildman–Crippen MR) is 167 cm³/mol. The molecule has 6 unspecified atom stereocenters. The normalized spacial score (nSPS) is 29.4. The molecule has 3 aromatic carbocycles. The van der Waals surface area contributed by atoms with Gasteiger partial charge in [-0.3, -0.25) is 24.1 Å². The smallest absolute Gasteiger partial charge is 0.241 e. The molecule has 1 saturated carbocycles. The van der Waals surface area contributed by atoms with Crippen molar-refractivity contribution in [3.8, 4) is 11.5 Å². The van der Waals surface area contributed by atoms with Crippen LogP contribution in [0.15, 0.2) is 82.9 Å². The minimum Gasteiger partial charge on any atom is -0.503 e. The second kappa shape index (κ2) is 10.3. The van der Waals surface area contributed by atoms with Gasteiger partial charge in [-0.25, -0.2) is 4.90 Å². The van der Waals surface area contributed by atoms with Crippen LogP contribution >= 0.6 is 27.5 Å². The highest BCUT2D eigenvalue weighted by Gasteiger charge is 2.67. The lowest BCUT2D eigenvalue weighted by atomic mass is 9.51. The van der Waals surface area contributed by atoms with E-state index in [0.717, 1.165) is 5.57 Å². The summed E-state index contributed by atoms with van der Waals surface area (Å²) in [5.74, 6) is -4.26.